The van der Waals surface area contributed by atoms with Gasteiger partial charge in [0.15, 0.2) is 0 Å². The molecule has 0 aliphatic carbocycles. The Labute approximate surface area is 63.4 Å². The maximum Gasteiger partial charge on any atom is 0.267 e. The van der Waals surface area contributed by atoms with Gasteiger partial charge in [0.1, 0.15) is 11.5 Å². The van der Waals surface area contributed by atoms with Gasteiger partial charge in [-0.25, -0.2) is 10.8 Å². The molecule has 0 saturated carbocycles. The number of hydrogen-bond donors (Lipinski definition) is 3. The van der Waals surface area contributed by atoms with Crippen LogP contribution in [0.15, 0.2) is 18.2 Å². The van der Waals surface area contributed by atoms with Crippen molar-refractivity contribution >= 4 is 11.7 Å². The molecule has 58 valence electrons. The second kappa shape index (κ2) is 2.98. The molecule has 0 aliphatic heterocycles. The lowest BCUT2D eigenvalue weighted by atomic mass is 10.3. The smallest absolute Gasteiger partial charge is 0.267 e. The average Bonchev–Trinajstić information content (AvgIpc) is 2.05. The summed E-state index contributed by atoms with van der Waals surface area (Å²) >= 11 is 0. The predicted octanol–water partition coefficient (Wildman–Crippen LogP) is -0.534. The second-order valence-corrected chi connectivity index (χ2v) is 1.92. The minimum absolute atomic E-state index is 0.195. The van der Waals surface area contributed by atoms with Crippen molar-refractivity contribution in [1.82, 2.24) is 4.98 Å². The van der Waals surface area contributed by atoms with E-state index in [2.05, 4.69) is 10.4 Å². The summed E-state index contributed by atoms with van der Waals surface area (Å²) in [5.41, 5.74) is 7.47. The van der Waals surface area contributed by atoms with Crippen LogP contribution in [0.4, 0.5) is 5.82 Å². The Morgan fingerprint density at radius 2 is 2.27 bits per heavy atom. The molecule has 1 aromatic heterocycles. The van der Waals surface area contributed by atoms with Crippen LogP contribution in [0, 0.1) is 0 Å². The Bertz CT molecular complexity index is 273. The molecule has 11 heavy (non-hydrogen) atoms. The molecular formula is C6H8N4O. The van der Waals surface area contributed by atoms with Crippen LogP contribution >= 0.6 is 0 Å². The first-order valence-electron chi connectivity index (χ1n) is 2.97. The highest BCUT2D eigenvalue weighted by Gasteiger charge is 2.00. The molecule has 1 rings (SSSR count). The van der Waals surface area contributed by atoms with E-state index in [-0.39, 0.29) is 5.69 Å². The molecule has 5 nitrogen and oxygen atoms in total. The number of anilines is 1. The number of nitrogens with zero attached hydrogens (tertiary/aromatic N) is 1. The van der Waals surface area contributed by atoms with Gasteiger partial charge in [0.25, 0.3) is 5.91 Å². The van der Waals surface area contributed by atoms with Crippen LogP contribution in [-0.2, 0) is 0 Å². The number of rotatable bonds is 2. The summed E-state index contributed by atoms with van der Waals surface area (Å²) in [7, 11) is 0. The van der Waals surface area contributed by atoms with Gasteiger partial charge >= 0.3 is 0 Å². The van der Waals surface area contributed by atoms with Crippen molar-refractivity contribution in [2.24, 2.45) is 11.6 Å². The zero-order valence-electron chi connectivity index (χ0n) is 5.74. The van der Waals surface area contributed by atoms with E-state index >= 15 is 0 Å². The molecule has 1 aromatic rings. The van der Waals surface area contributed by atoms with Crippen LogP contribution in [0.2, 0.25) is 0 Å². The zero-order valence-corrected chi connectivity index (χ0v) is 5.74. The Kier molecular flexibility index (Phi) is 2.03. The Hall–Kier alpha value is -1.62. The number of hydrazine groups is 1. The van der Waals surface area contributed by atoms with E-state index < -0.39 is 5.91 Å². The third-order valence-corrected chi connectivity index (χ3v) is 1.15. The van der Waals surface area contributed by atoms with Crippen molar-refractivity contribution in [3.8, 4) is 0 Å². The molecule has 0 unspecified atom stereocenters. The van der Waals surface area contributed by atoms with Gasteiger partial charge in [-0.2, -0.15) is 0 Å². The first-order chi connectivity index (χ1) is 5.24. The van der Waals surface area contributed by atoms with E-state index in [1.54, 1.807) is 12.1 Å². The summed E-state index contributed by atoms with van der Waals surface area (Å²) in [6, 6.07) is 4.79. The third-order valence-electron chi connectivity index (χ3n) is 1.15. The van der Waals surface area contributed by atoms with Gasteiger partial charge in [-0.15, -0.1) is 0 Å². The van der Waals surface area contributed by atoms with Gasteiger partial charge in [0.2, 0.25) is 0 Å². The number of nitrogen functional groups attached to an aromatic ring is 1. The average molecular weight is 152 g/mol. The maximum absolute atomic E-state index is 10.6. The predicted molar refractivity (Wildman–Crippen MR) is 40.6 cm³/mol. The van der Waals surface area contributed by atoms with Crippen molar-refractivity contribution in [3.63, 3.8) is 0 Å². The summed E-state index contributed by atoms with van der Waals surface area (Å²) in [4.78, 5) is 14.3. The number of hydrogen-bond acceptors (Lipinski definition) is 4. The van der Waals surface area contributed by atoms with Crippen molar-refractivity contribution in [2.45, 2.75) is 0 Å². The number of aromatic nitrogens is 1. The lowest BCUT2D eigenvalue weighted by Gasteiger charge is -1.98. The van der Waals surface area contributed by atoms with Crippen molar-refractivity contribution in [2.75, 3.05) is 5.43 Å². The normalized spacial score (nSPS) is 9.18. The molecule has 0 saturated heterocycles. The van der Waals surface area contributed by atoms with Crippen molar-refractivity contribution < 1.29 is 4.79 Å². The first kappa shape index (κ1) is 7.49. The minimum Gasteiger partial charge on any atom is -0.364 e. The first-order valence-corrected chi connectivity index (χ1v) is 2.97. The second-order valence-electron chi connectivity index (χ2n) is 1.92. The number of carbonyl (C=O) groups excluding carboxylic acids is 1. The van der Waals surface area contributed by atoms with Crippen LogP contribution < -0.4 is 17.0 Å². The highest BCUT2D eigenvalue weighted by molar-refractivity contribution is 5.91. The van der Waals surface area contributed by atoms with E-state index in [0.717, 1.165) is 0 Å². The van der Waals surface area contributed by atoms with E-state index in [4.69, 9.17) is 11.6 Å². The maximum atomic E-state index is 10.6. The molecular weight excluding hydrogens is 144 g/mol. The van der Waals surface area contributed by atoms with Gasteiger partial charge in [0.05, 0.1) is 0 Å². The monoisotopic (exact) mass is 152 g/mol. The molecule has 1 amide bonds. The molecule has 0 fully saturated rings. The number of nitrogens with two attached hydrogens (primary N) is 2. The number of primary amides is 1. The summed E-state index contributed by atoms with van der Waals surface area (Å²) in [6.45, 7) is 0. The highest BCUT2D eigenvalue weighted by atomic mass is 16.1. The zero-order chi connectivity index (χ0) is 8.27. The van der Waals surface area contributed by atoms with Crippen LogP contribution in [-0.4, -0.2) is 10.9 Å². The fourth-order valence-corrected chi connectivity index (χ4v) is 0.652. The van der Waals surface area contributed by atoms with Gasteiger partial charge in [-0.1, -0.05) is 6.07 Å². The van der Waals surface area contributed by atoms with Crippen LogP contribution in [0.1, 0.15) is 10.5 Å². The molecule has 5 N–H and O–H groups in total. The molecule has 5 heteroatoms. The van der Waals surface area contributed by atoms with E-state index in [0.29, 0.717) is 5.82 Å². The quantitative estimate of drug-likeness (QED) is 0.392. The lowest BCUT2D eigenvalue weighted by Crippen LogP contribution is -2.15. The Morgan fingerprint density at radius 1 is 1.55 bits per heavy atom. The SMILES string of the molecule is NNc1cccc(C(N)=O)n1. The van der Waals surface area contributed by atoms with Gasteiger partial charge < -0.3 is 11.2 Å². The van der Waals surface area contributed by atoms with Crippen LogP contribution in [0.5, 0.6) is 0 Å². The Balaban J connectivity index is 3.01. The number of nitrogens with one attached hydrogen (secondary N) is 1. The largest absolute Gasteiger partial charge is 0.364 e. The van der Waals surface area contributed by atoms with E-state index in [1.165, 1.54) is 6.07 Å². The standard InChI is InChI=1S/C6H8N4O/c7-6(11)4-2-1-3-5(9-4)10-8/h1-3H,8H2,(H2,7,11)(H,9,10). The van der Waals surface area contributed by atoms with E-state index in [1.807, 2.05) is 0 Å². The summed E-state index contributed by atoms with van der Waals surface area (Å²) < 4.78 is 0. The lowest BCUT2D eigenvalue weighted by molar-refractivity contribution is 0.0995. The van der Waals surface area contributed by atoms with Crippen LogP contribution in [0.25, 0.3) is 0 Å². The minimum atomic E-state index is -0.568. The number of amides is 1. The van der Waals surface area contributed by atoms with Crippen molar-refractivity contribution in [3.05, 3.63) is 23.9 Å². The topological polar surface area (TPSA) is 94.0 Å². The fourth-order valence-electron chi connectivity index (χ4n) is 0.652. The summed E-state index contributed by atoms with van der Waals surface area (Å²) in [5, 5.41) is 0. The Morgan fingerprint density at radius 3 is 2.82 bits per heavy atom. The molecule has 1 heterocycles. The molecule has 0 aliphatic rings. The molecule has 0 radical (unpaired) electrons. The summed E-state index contributed by atoms with van der Waals surface area (Å²) in [6.07, 6.45) is 0. The number of carbonyl (C=O) groups is 1. The summed E-state index contributed by atoms with van der Waals surface area (Å²) in [5.74, 6) is 4.90. The van der Waals surface area contributed by atoms with Gasteiger partial charge in [-0.05, 0) is 12.1 Å². The highest BCUT2D eigenvalue weighted by Crippen LogP contribution is 2.01. The molecule has 0 atom stereocenters. The van der Waals surface area contributed by atoms with Crippen LogP contribution in [0.3, 0.4) is 0 Å². The molecule has 0 spiro atoms. The van der Waals surface area contributed by atoms with Gasteiger partial charge in [0, 0.05) is 0 Å². The van der Waals surface area contributed by atoms with E-state index in [9.17, 15) is 4.79 Å². The fraction of sp³-hybridized carbons (Fsp3) is 0. The molecule has 0 aromatic carbocycles. The van der Waals surface area contributed by atoms with Gasteiger partial charge in [-0.3, -0.25) is 4.79 Å². The number of pyridine rings is 1. The third kappa shape index (κ3) is 1.65. The molecule has 0 bridgehead atoms. The van der Waals surface area contributed by atoms with Crippen molar-refractivity contribution in [1.29, 1.82) is 0 Å².